The highest BCUT2D eigenvalue weighted by Crippen LogP contribution is 2.02. The molecule has 1 aliphatic rings. The maximum atomic E-state index is 11.6. The van der Waals surface area contributed by atoms with E-state index in [2.05, 4.69) is 5.32 Å². The lowest BCUT2D eigenvalue weighted by molar-refractivity contribution is -0.130. The molecule has 0 saturated carbocycles. The van der Waals surface area contributed by atoms with Crippen LogP contribution in [0.1, 0.15) is 6.42 Å². The average Bonchev–Trinajstić information content (AvgIpc) is 2.43. The van der Waals surface area contributed by atoms with Crippen LogP contribution in [-0.4, -0.2) is 67.9 Å². The van der Waals surface area contributed by atoms with Gasteiger partial charge in [-0.3, -0.25) is 14.5 Å². The molecule has 1 aliphatic heterocycles. The first kappa shape index (κ1) is 12.9. The van der Waals surface area contributed by atoms with Crippen LogP contribution in [0.3, 0.4) is 0 Å². The average molecular weight is 228 g/mol. The molecule has 1 heterocycles. The van der Waals surface area contributed by atoms with Gasteiger partial charge in [0.2, 0.25) is 11.8 Å². The van der Waals surface area contributed by atoms with Crippen LogP contribution >= 0.6 is 0 Å². The highest BCUT2D eigenvalue weighted by atomic mass is 16.2. The van der Waals surface area contributed by atoms with Crippen molar-refractivity contribution in [3.05, 3.63) is 0 Å². The molecule has 0 aromatic rings. The van der Waals surface area contributed by atoms with Gasteiger partial charge < -0.3 is 16.0 Å². The lowest BCUT2D eigenvalue weighted by Crippen LogP contribution is -2.40. The van der Waals surface area contributed by atoms with Crippen molar-refractivity contribution in [3.8, 4) is 0 Å². The summed E-state index contributed by atoms with van der Waals surface area (Å²) >= 11 is 0. The maximum Gasteiger partial charge on any atom is 0.236 e. The molecule has 0 radical (unpaired) electrons. The standard InChI is InChI=1S/C10H20N4O2/c1-12-7-10(16)14-4-2-3-13(5-6-14)8-9(11)15/h12H,2-8H2,1H3,(H2,11,15). The van der Waals surface area contributed by atoms with Gasteiger partial charge in [-0.15, -0.1) is 0 Å². The van der Waals surface area contributed by atoms with Gasteiger partial charge in [-0.2, -0.15) is 0 Å². The van der Waals surface area contributed by atoms with Crippen LogP contribution in [-0.2, 0) is 9.59 Å². The van der Waals surface area contributed by atoms with Crippen molar-refractivity contribution < 1.29 is 9.59 Å². The molecule has 16 heavy (non-hydrogen) atoms. The number of primary amides is 1. The van der Waals surface area contributed by atoms with Gasteiger partial charge in [0.15, 0.2) is 0 Å². The predicted molar refractivity (Wildman–Crippen MR) is 60.8 cm³/mol. The van der Waals surface area contributed by atoms with Gasteiger partial charge >= 0.3 is 0 Å². The summed E-state index contributed by atoms with van der Waals surface area (Å²) in [4.78, 5) is 26.2. The van der Waals surface area contributed by atoms with E-state index in [0.29, 0.717) is 13.1 Å². The first-order valence-corrected chi connectivity index (χ1v) is 5.56. The minimum Gasteiger partial charge on any atom is -0.369 e. The van der Waals surface area contributed by atoms with E-state index < -0.39 is 0 Å². The quantitative estimate of drug-likeness (QED) is 0.596. The molecule has 1 rings (SSSR count). The first-order chi connectivity index (χ1) is 7.63. The predicted octanol–water partition coefficient (Wildman–Crippen LogP) is -1.77. The molecule has 6 heteroatoms. The maximum absolute atomic E-state index is 11.6. The van der Waals surface area contributed by atoms with E-state index in [1.807, 2.05) is 9.80 Å². The van der Waals surface area contributed by atoms with Crippen LogP contribution in [0.5, 0.6) is 0 Å². The van der Waals surface area contributed by atoms with E-state index in [1.54, 1.807) is 7.05 Å². The van der Waals surface area contributed by atoms with E-state index in [0.717, 1.165) is 26.1 Å². The number of amides is 2. The molecule has 1 fully saturated rings. The van der Waals surface area contributed by atoms with Crippen LogP contribution in [0, 0.1) is 0 Å². The van der Waals surface area contributed by atoms with Gasteiger partial charge in [0, 0.05) is 26.2 Å². The number of rotatable bonds is 4. The Morgan fingerprint density at radius 3 is 2.62 bits per heavy atom. The van der Waals surface area contributed by atoms with Crippen molar-refractivity contribution in [2.24, 2.45) is 5.73 Å². The summed E-state index contributed by atoms with van der Waals surface area (Å²) in [6.07, 6.45) is 0.892. The van der Waals surface area contributed by atoms with Crippen LogP contribution < -0.4 is 11.1 Å². The molecule has 2 amide bonds. The normalized spacial score (nSPS) is 18.2. The second-order valence-electron chi connectivity index (χ2n) is 4.01. The Labute approximate surface area is 95.8 Å². The zero-order chi connectivity index (χ0) is 12.0. The number of carbonyl (C=O) groups is 2. The fraction of sp³-hybridized carbons (Fsp3) is 0.800. The molecule has 0 unspecified atom stereocenters. The Hall–Kier alpha value is -1.14. The first-order valence-electron chi connectivity index (χ1n) is 5.56. The molecular weight excluding hydrogens is 208 g/mol. The van der Waals surface area contributed by atoms with Crippen LogP contribution in [0.4, 0.5) is 0 Å². The summed E-state index contributed by atoms with van der Waals surface area (Å²) in [5.41, 5.74) is 5.15. The van der Waals surface area contributed by atoms with Gasteiger partial charge in [0.1, 0.15) is 0 Å². The van der Waals surface area contributed by atoms with E-state index in [9.17, 15) is 9.59 Å². The Kier molecular flexibility index (Phi) is 5.21. The number of nitrogens with two attached hydrogens (primary N) is 1. The molecule has 1 saturated heterocycles. The molecule has 0 aliphatic carbocycles. The molecular formula is C10H20N4O2. The summed E-state index contributed by atoms with van der Waals surface area (Å²) in [6, 6.07) is 0. The van der Waals surface area contributed by atoms with Crippen molar-refractivity contribution in [2.75, 3.05) is 46.3 Å². The van der Waals surface area contributed by atoms with Gasteiger partial charge in [-0.1, -0.05) is 0 Å². The Balaban J connectivity index is 2.39. The summed E-state index contributed by atoms with van der Waals surface area (Å²) in [7, 11) is 1.76. The van der Waals surface area contributed by atoms with Crippen molar-refractivity contribution in [1.82, 2.24) is 15.1 Å². The van der Waals surface area contributed by atoms with E-state index >= 15 is 0 Å². The number of carbonyl (C=O) groups excluding carboxylic acids is 2. The summed E-state index contributed by atoms with van der Waals surface area (Å²) in [6.45, 7) is 3.64. The van der Waals surface area contributed by atoms with Gasteiger partial charge in [0.25, 0.3) is 0 Å². The van der Waals surface area contributed by atoms with E-state index in [4.69, 9.17) is 5.73 Å². The van der Waals surface area contributed by atoms with Crippen LogP contribution in [0.2, 0.25) is 0 Å². The zero-order valence-corrected chi connectivity index (χ0v) is 9.74. The minimum atomic E-state index is -0.310. The molecule has 3 N–H and O–H groups in total. The number of likely N-dealkylation sites (N-methyl/N-ethyl adjacent to an activating group) is 1. The highest BCUT2D eigenvalue weighted by molar-refractivity contribution is 5.78. The molecule has 0 bridgehead atoms. The second-order valence-corrected chi connectivity index (χ2v) is 4.01. The lowest BCUT2D eigenvalue weighted by atomic mass is 10.3. The summed E-state index contributed by atoms with van der Waals surface area (Å²) in [5, 5.41) is 2.85. The Bertz CT molecular complexity index is 257. The highest BCUT2D eigenvalue weighted by Gasteiger charge is 2.18. The molecule has 0 spiro atoms. The van der Waals surface area contributed by atoms with Gasteiger partial charge in [0.05, 0.1) is 13.1 Å². The number of nitrogens with one attached hydrogen (secondary N) is 1. The molecule has 92 valence electrons. The number of hydrogen-bond donors (Lipinski definition) is 2. The second kappa shape index (κ2) is 6.44. The third-order valence-electron chi connectivity index (χ3n) is 2.65. The SMILES string of the molecule is CNCC(=O)N1CCCN(CC(N)=O)CC1. The largest absolute Gasteiger partial charge is 0.369 e. The number of hydrogen-bond acceptors (Lipinski definition) is 4. The number of nitrogens with zero attached hydrogens (tertiary/aromatic N) is 2. The summed E-state index contributed by atoms with van der Waals surface area (Å²) in [5.74, 6) is -0.196. The zero-order valence-electron chi connectivity index (χ0n) is 9.74. The smallest absolute Gasteiger partial charge is 0.236 e. The molecule has 0 atom stereocenters. The van der Waals surface area contributed by atoms with Crippen molar-refractivity contribution in [2.45, 2.75) is 6.42 Å². The van der Waals surface area contributed by atoms with E-state index in [1.165, 1.54) is 0 Å². The van der Waals surface area contributed by atoms with Crippen molar-refractivity contribution >= 4 is 11.8 Å². The third kappa shape index (κ3) is 4.16. The fourth-order valence-corrected chi connectivity index (χ4v) is 1.86. The fourth-order valence-electron chi connectivity index (χ4n) is 1.86. The molecule has 0 aromatic heterocycles. The molecule has 6 nitrogen and oxygen atoms in total. The topological polar surface area (TPSA) is 78.7 Å². The summed E-state index contributed by atoms with van der Waals surface area (Å²) < 4.78 is 0. The van der Waals surface area contributed by atoms with Gasteiger partial charge in [-0.25, -0.2) is 0 Å². The lowest BCUT2D eigenvalue weighted by Gasteiger charge is -2.21. The Morgan fingerprint density at radius 2 is 2.00 bits per heavy atom. The van der Waals surface area contributed by atoms with Crippen molar-refractivity contribution in [3.63, 3.8) is 0 Å². The van der Waals surface area contributed by atoms with Crippen LogP contribution in [0.25, 0.3) is 0 Å². The molecule has 0 aromatic carbocycles. The third-order valence-corrected chi connectivity index (χ3v) is 2.65. The van der Waals surface area contributed by atoms with E-state index in [-0.39, 0.29) is 18.4 Å². The minimum absolute atomic E-state index is 0.114. The van der Waals surface area contributed by atoms with Crippen molar-refractivity contribution in [1.29, 1.82) is 0 Å². The monoisotopic (exact) mass is 228 g/mol. The van der Waals surface area contributed by atoms with Crippen LogP contribution in [0.15, 0.2) is 0 Å². The Morgan fingerprint density at radius 1 is 1.25 bits per heavy atom. The van der Waals surface area contributed by atoms with Gasteiger partial charge in [-0.05, 0) is 13.5 Å².